The van der Waals surface area contributed by atoms with Gasteiger partial charge in [-0.2, -0.15) is 10.2 Å². The Labute approximate surface area is 125 Å². The molecule has 0 aliphatic rings. The van der Waals surface area contributed by atoms with Gasteiger partial charge in [-0.1, -0.05) is 31.2 Å². The summed E-state index contributed by atoms with van der Waals surface area (Å²) >= 11 is 0. The van der Waals surface area contributed by atoms with Gasteiger partial charge in [0.2, 0.25) is 0 Å². The lowest BCUT2D eigenvalue weighted by Crippen LogP contribution is -2.10. The lowest BCUT2D eigenvalue weighted by Gasteiger charge is -2.09. The molecule has 2 aromatic rings. The third-order valence-corrected chi connectivity index (χ3v) is 3.53. The summed E-state index contributed by atoms with van der Waals surface area (Å²) in [5, 5.41) is 7.99. The predicted octanol–water partition coefficient (Wildman–Crippen LogP) is 2.20. The number of nitrogens with zero attached hydrogens (tertiary/aromatic N) is 2. The van der Waals surface area contributed by atoms with Crippen molar-refractivity contribution in [1.82, 2.24) is 10.2 Å². The van der Waals surface area contributed by atoms with Crippen molar-refractivity contribution in [3.8, 4) is 0 Å². The molecule has 1 aromatic heterocycles. The normalized spacial score (nSPS) is 12.1. The number of Topliss-reactive ketones (excluding diaryl/α,β-unsaturated/α-hetero) is 1. The molecule has 21 heavy (non-hydrogen) atoms. The first-order valence-corrected chi connectivity index (χ1v) is 7.18. The second-order valence-electron chi connectivity index (χ2n) is 5.44. The van der Waals surface area contributed by atoms with Crippen molar-refractivity contribution in [3.63, 3.8) is 0 Å². The first-order chi connectivity index (χ1) is 10.1. The highest BCUT2D eigenvalue weighted by atomic mass is 16.1. The van der Waals surface area contributed by atoms with Crippen molar-refractivity contribution in [2.24, 2.45) is 5.73 Å². The topological polar surface area (TPSA) is 68.9 Å². The van der Waals surface area contributed by atoms with E-state index in [2.05, 4.69) is 17.1 Å². The highest BCUT2D eigenvalue weighted by molar-refractivity contribution is 5.82. The molecule has 0 spiro atoms. The monoisotopic (exact) mass is 283 g/mol. The average molecular weight is 283 g/mol. The van der Waals surface area contributed by atoms with Gasteiger partial charge in [0.15, 0.2) is 0 Å². The Morgan fingerprint density at radius 3 is 2.38 bits per heavy atom. The summed E-state index contributed by atoms with van der Waals surface area (Å²) < 4.78 is 0. The third-order valence-electron chi connectivity index (χ3n) is 3.53. The van der Waals surface area contributed by atoms with Gasteiger partial charge in [0.05, 0.1) is 17.8 Å². The van der Waals surface area contributed by atoms with Crippen LogP contribution in [0.3, 0.4) is 0 Å². The molecule has 4 nitrogen and oxygen atoms in total. The van der Waals surface area contributed by atoms with Crippen LogP contribution in [0.4, 0.5) is 0 Å². The molecule has 1 unspecified atom stereocenters. The van der Waals surface area contributed by atoms with Crippen molar-refractivity contribution in [3.05, 3.63) is 58.9 Å². The van der Waals surface area contributed by atoms with Crippen LogP contribution in [0, 0.1) is 6.92 Å². The van der Waals surface area contributed by atoms with Crippen LogP contribution >= 0.6 is 0 Å². The minimum Gasteiger partial charge on any atom is -0.330 e. The molecular formula is C17H21N3O. The van der Waals surface area contributed by atoms with Gasteiger partial charge in [-0.15, -0.1) is 0 Å². The number of ketones is 1. The molecule has 0 amide bonds. The van der Waals surface area contributed by atoms with Crippen LogP contribution < -0.4 is 5.73 Å². The van der Waals surface area contributed by atoms with Crippen molar-refractivity contribution in [2.45, 2.75) is 32.6 Å². The summed E-state index contributed by atoms with van der Waals surface area (Å²) in [6, 6.07) is 11.8. The Hall–Kier alpha value is -2.07. The van der Waals surface area contributed by atoms with E-state index in [9.17, 15) is 4.79 Å². The molecule has 0 fully saturated rings. The zero-order valence-corrected chi connectivity index (χ0v) is 12.5. The molecule has 2 rings (SSSR count). The van der Waals surface area contributed by atoms with Crippen LogP contribution in [0.25, 0.3) is 0 Å². The fraction of sp³-hybridized carbons (Fsp3) is 0.353. The lowest BCUT2D eigenvalue weighted by molar-refractivity contribution is -0.117. The van der Waals surface area contributed by atoms with Gasteiger partial charge in [-0.05, 0) is 42.6 Å². The van der Waals surface area contributed by atoms with Gasteiger partial charge in [-0.25, -0.2) is 0 Å². The van der Waals surface area contributed by atoms with Gasteiger partial charge in [0.1, 0.15) is 5.78 Å². The standard InChI is InChI=1S/C17H21N3O/c1-12(11-18)15-6-4-14(5-7-15)9-17(21)10-16-8-3-13(2)19-20-16/h3-8,12H,9-11,18H2,1-2H3. The zero-order valence-electron chi connectivity index (χ0n) is 12.5. The molecule has 0 aliphatic carbocycles. The van der Waals surface area contributed by atoms with Crippen LogP contribution in [-0.4, -0.2) is 22.5 Å². The van der Waals surface area contributed by atoms with E-state index in [1.165, 1.54) is 5.56 Å². The van der Waals surface area contributed by atoms with Crippen molar-refractivity contribution in [1.29, 1.82) is 0 Å². The van der Waals surface area contributed by atoms with E-state index in [4.69, 9.17) is 5.73 Å². The van der Waals surface area contributed by atoms with Gasteiger partial charge in [0, 0.05) is 6.42 Å². The third kappa shape index (κ3) is 4.46. The fourth-order valence-corrected chi connectivity index (χ4v) is 2.11. The molecule has 1 atom stereocenters. The average Bonchev–Trinajstić information content (AvgIpc) is 2.49. The lowest BCUT2D eigenvalue weighted by atomic mass is 9.98. The SMILES string of the molecule is Cc1ccc(CC(=O)Cc2ccc(C(C)CN)cc2)nn1. The van der Waals surface area contributed by atoms with Crippen molar-refractivity contribution in [2.75, 3.05) is 6.54 Å². The van der Waals surface area contributed by atoms with Gasteiger partial charge < -0.3 is 5.73 Å². The molecule has 0 saturated carbocycles. The summed E-state index contributed by atoms with van der Waals surface area (Å²) in [6.45, 7) is 4.60. The number of rotatable bonds is 6. The molecule has 0 radical (unpaired) electrons. The van der Waals surface area contributed by atoms with Crippen LogP contribution in [-0.2, 0) is 17.6 Å². The zero-order chi connectivity index (χ0) is 15.2. The highest BCUT2D eigenvalue weighted by Gasteiger charge is 2.08. The largest absolute Gasteiger partial charge is 0.330 e. The minimum atomic E-state index is 0.146. The Balaban J connectivity index is 1.94. The van der Waals surface area contributed by atoms with Crippen LogP contribution in [0.2, 0.25) is 0 Å². The Bertz CT molecular complexity index is 590. The van der Waals surface area contributed by atoms with E-state index < -0.39 is 0 Å². The molecular weight excluding hydrogens is 262 g/mol. The van der Waals surface area contributed by atoms with Crippen molar-refractivity contribution >= 4 is 5.78 Å². The van der Waals surface area contributed by atoms with E-state index in [1.807, 2.05) is 43.3 Å². The molecule has 4 heteroatoms. The number of nitrogens with two attached hydrogens (primary N) is 1. The highest BCUT2D eigenvalue weighted by Crippen LogP contribution is 2.15. The van der Waals surface area contributed by atoms with Crippen LogP contribution in [0.5, 0.6) is 0 Å². The number of carbonyl (C=O) groups excluding carboxylic acids is 1. The molecule has 2 N–H and O–H groups in total. The van der Waals surface area contributed by atoms with Crippen molar-refractivity contribution < 1.29 is 4.79 Å². The number of carbonyl (C=O) groups is 1. The molecule has 0 aliphatic heterocycles. The summed E-state index contributed by atoms with van der Waals surface area (Å²) in [4.78, 5) is 12.1. The second kappa shape index (κ2) is 7.09. The Morgan fingerprint density at radius 1 is 1.10 bits per heavy atom. The summed E-state index contributed by atoms with van der Waals surface area (Å²) in [5.74, 6) is 0.491. The number of benzene rings is 1. The van der Waals surface area contributed by atoms with Crippen LogP contribution in [0.15, 0.2) is 36.4 Å². The second-order valence-corrected chi connectivity index (χ2v) is 5.44. The van der Waals surface area contributed by atoms with Gasteiger partial charge in [0.25, 0.3) is 0 Å². The molecule has 1 aromatic carbocycles. The quantitative estimate of drug-likeness (QED) is 0.882. The summed E-state index contributed by atoms with van der Waals surface area (Å²) in [7, 11) is 0. The molecule has 0 saturated heterocycles. The number of hydrogen-bond donors (Lipinski definition) is 1. The van der Waals surface area contributed by atoms with E-state index in [1.54, 1.807) is 0 Å². The minimum absolute atomic E-state index is 0.146. The van der Waals surface area contributed by atoms with Gasteiger partial charge in [-0.3, -0.25) is 4.79 Å². The van der Waals surface area contributed by atoms with Gasteiger partial charge >= 0.3 is 0 Å². The number of aryl methyl sites for hydroxylation is 1. The maximum Gasteiger partial charge on any atom is 0.143 e. The maximum atomic E-state index is 12.1. The smallest absolute Gasteiger partial charge is 0.143 e. The van der Waals surface area contributed by atoms with E-state index in [0.717, 1.165) is 17.0 Å². The molecule has 1 heterocycles. The number of aromatic nitrogens is 2. The first-order valence-electron chi connectivity index (χ1n) is 7.18. The summed E-state index contributed by atoms with van der Waals surface area (Å²) in [5.41, 5.74) is 9.46. The first kappa shape index (κ1) is 15.3. The van der Waals surface area contributed by atoms with Crippen LogP contribution in [0.1, 0.15) is 35.4 Å². The fourth-order valence-electron chi connectivity index (χ4n) is 2.11. The van der Waals surface area contributed by atoms with E-state index in [-0.39, 0.29) is 5.78 Å². The summed E-state index contributed by atoms with van der Waals surface area (Å²) in [6.07, 6.45) is 0.751. The Morgan fingerprint density at radius 2 is 1.81 bits per heavy atom. The maximum absolute atomic E-state index is 12.1. The molecule has 0 bridgehead atoms. The van der Waals surface area contributed by atoms with E-state index in [0.29, 0.717) is 25.3 Å². The number of hydrogen-bond acceptors (Lipinski definition) is 4. The predicted molar refractivity (Wildman–Crippen MR) is 83.1 cm³/mol. The Kier molecular flexibility index (Phi) is 5.17. The van der Waals surface area contributed by atoms with E-state index >= 15 is 0 Å². The molecule has 110 valence electrons.